The van der Waals surface area contributed by atoms with E-state index < -0.39 is 28.4 Å². The monoisotopic (exact) mass is 442 g/mol. The van der Waals surface area contributed by atoms with E-state index in [4.69, 9.17) is 0 Å². The van der Waals surface area contributed by atoms with Gasteiger partial charge < -0.3 is 5.11 Å². The Morgan fingerprint density at radius 1 is 0.909 bits per heavy atom. The number of hydrogen-bond donors (Lipinski definition) is 1. The Morgan fingerprint density at radius 2 is 1.48 bits per heavy atom. The molecule has 1 atom stereocenters. The molecule has 0 saturated carbocycles. The maximum Gasteiger partial charge on any atom is 0.300 e. The summed E-state index contributed by atoms with van der Waals surface area (Å²) in [5, 5.41) is 22.0. The number of non-ortho nitro benzene ring substituents is 1. The summed E-state index contributed by atoms with van der Waals surface area (Å²) in [6, 6.07) is 19.2. The smallest absolute Gasteiger partial charge is 0.300 e. The summed E-state index contributed by atoms with van der Waals surface area (Å²) in [6.07, 6.45) is 0. The number of nitro groups is 1. The molecular weight excluding hydrogens is 424 g/mol. The van der Waals surface area contributed by atoms with E-state index >= 15 is 0 Å². The minimum absolute atomic E-state index is 0.129. The molecule has 1 fully saturated rings. The second kappa shape index (κ2) is 8.51. The number of Topliss-reactive ketones (excluding diaryl/α,β-unsaturated/α-hetero) is 2. The quantitative estimate of drug-likeness (QED) is 0.156. The van der Waals surface area contributed by atoms with Crippen molar-refractivity contribution in [2.75, 3.05) is 4.90 Å². The van der Waals surface area contributed by atoms with Gasteiger partial charge in [-0.1, -0.05) is 30.3 Å². The minimum atomic E-state index is -0.926. The Labute approximate surface area is 188 Å². The molecule has 8 nitrogen and oxygen atoms in total. The first kappa shape index (κ1) is 21.6. The van der Waals surface area contributed by atoms with Gasteiger partial charge in [-0.05, 0) is 48.9 Å². The number of carbonyl (C=O) groups excluding carboxylic acids is 3. The first-order valence-electron chi connectivity index (χ1n) is 10.0. The molecule has 33 heavy (non-hydrogen) atoms. The van der Waals surface area contributed by atoms with E-state index in [1.54, 1.807) is 54.6 Å². The number of hydrogen-bond acceptors (Lipinski definition) is 6. The van der Waals surface area contributed by atoms with Gasteiger partial charge in [0.25, 0.3) is 17.4 Å². The van der Waals surface area contributed by atoms with Crippen LogP contribution in [0.4, 0.5) is 11.4 Å². The minimum Gasteiger partial charge on any atom is -0.507 e. The number of rotatable bonds is 5. The Hall–Kier alpha value is -4.59. The fraction of sp³-hybridized carbons (Fsp3) is 0.0800. The number of aliphatic hydroxyl groups is 1. The topological polar surface area (TPSA) is 118 Å². The molecule has 164 valence electrons. The standard InChI is InChI=1S/C25H18N2O6/c1-15(28)16-7-11-19(12-8-16)26-22(17-5-3-2-4-6-17)21(24(30)25(26)31)23(29)18-9-13-20(14-10-18)27(32)33/h2-14,22,29H,1H3/b23-21+/t22-/m1/s1. The van der Waals surface area contributed by atoms with Crippen molar-refractivity contribution in [1.82, 2.24) is 0 Å². The van der Waals surface area contributed by atoms with Crippen molar-refractivity contribution in [3.63, 3.8) is 0 Å². The molecule has 0 radical (unpaired) electrons. The van der Waals surface area contributed by atoms with Crippen LogP contribution in [0.25, 0.3) is 5.76 Å². The van der Waals surface area contributed by atoms with E-state index in [0.717, 1.165) is 0 Å². The maximum atomic E-state index is 13.1. The van der Waals surface area contributed by atoms with E-state index in [2.05, 4.69) is 0 Å². The zero-order chi connectivity index (χ0) is 23.7. The Bertz CT molecular complexity index is 1290. The Morgan fingerprint density at radius 3 is 2.03 bits per heavy atom. The van der Waals surface area contributed by atoms with Crippen molar-refractivity contribution in [2.45, 2.75) is 13.0 Å². The molecule has 0 bridgehead atoms. The SMILES string of the molecule is CC(=O)c1ccc(N2C(=O)C(=O)/C(=C(/O)c3ccc([N+](=O)[O-])cc3)[C@H]2c2ccccc2)cc1. The zero-order valence-electron chi connectivity index (χ0n) is 17.5. The molecule has 3 aromatic carbocycles. The average Bonchev–Trinajstić information content (AvgIpc) is 3.09. The van der Waals surface area contributed by atoms with Gasteiger partial charge in [-0.15, -0.1) is 0 Å². The molecule has 1 heterocycles. The predicted molar refractivity (Wildman–Crippen MR) is 121 cm³/mol. The van der Waals surface area contributed by atoms with Crippen molar-refractivity contribution in [3.8, 4) is 0 Å². The van der Waals surface area contributed by atoms with Crippen LogP contribution in [0.1, 0.15) is 34.5 Å². The molecule has 0 unspecified atom stereocenters. The number of anilines is 1. The van der Waals surface area contributed by atoms with E-state index in [9.17, 15) is 29.6 Å². The largest absolute Gasteiger partial charge is 0.507 e. The van der Waals surface area contributed by atoms with Crippen LogP contribution in [0.15, 0.2) is 84.4 Å². The third-order valence-corrected chi connectivity index (χ3v) is 5.46. The lowest BCUT2D eigenvalue weighted by atomic mass is 9.95. The van der Waals surface area contributed by atoms with Gasteiger partial charge in [-0.3, -0.25) is 29.4 Å². The summed E-state index contributed by atoms with van der Waals surface area (Å²) in [5.74, 6) is -2.28. The van der Waals surface area contributed by atoms with Gasteiger partial charge >= 0.3 is 0 Å². The van der Waals surface area contributed by atoms with Crippen LogP contribution in [-0.4, -0.2) is 27.5 Å². The molecule has 3 aromatic rings. The lowest BCUT2D eigenvalue weighted by Crippen LogP contribution is -2.29. The van der Waals surface area contributed by atoms with Crippen LogP contribution in [0.3, 0.4) is 0 Å². The van der Waals surface area contributed by atoms with Crippen LogP contribution in [-0.2, 0) is 9.59 Å². The summed E-state index contributed by atoms with van der Waals surface area (Å²) in [7, 11) is 0. The predicted octanol–water partition coefficient (Wildman–Crippen LogP) is 4.42. The van der Waals surface area contributed by atoms with Crippen LogP contribution in [0, 0.1) is 10.1 Å². The molecule has 1 N–H and O–H groups in total. The summed E-state index contributed by atoms with van der Waals surface area (Å²) in [6.45, 7) is 1.43. The van der Waals surface area contributed by atoms with Crippen LogP contribution >= 0.6 is 0 Å². The fourth-order valence-electron chi connectivity index (χ4n) is 3.80. The first-order valence-corrected chi connectivity index (χ1v) is 10.0. The molecule has 1 saturated heterocycles. The number of amides is 1. The van der Waals surface area contributed by atoms with E-state index in [1.807, 2.05) is 0 Å². The molecule has 8 heteroatoms. The molecule has 0 aromatic heterocycles. The van der Waals surface area contributed by atoms with Crippen LogP contribution in [0.2, 0.25) is 0 Å². The lowest BCUT2D eigenvalue weighted by Gasteiger charge is -2.25. The van der Waals surface area contributed by atoms with Crippen molar-refractivity contribution >= 4 is 34.6 Å². The van der Waals surface area contributed by atoms with Gasteiger partial charge in [0, 0.05) is 28.9 Å². The first-order chi connectivity index (χ1) is 15.8. The number of nitrogens with zero attached hydrogens (tertiary/aromatic N) is 2. The van der Waals surface area contributed by atoms with Gasteiger partial charge in [-0.25, -0.2) is 0 Å². The number of aliphatic hydroxyl groups excluding tert-OH is 1. The highest BCUT2D eigenvalue weighted by Gasteiger charge is 2.46. The molecule has 0 spiro atoms. The lowest BCUT2D eigenvalue weighted by molar-refractivity contribution is -0.384. The third kappa shape index (κ3) is 3.89. The van der Waals surface area contributed by atoms with E-state index in [0.29, 0.717) is 16.8 Å². The highest BCUT2D eigenvalue weighted by molar-refractivity contribution is 6.51. The summed E-state index contributed by atoms with van der Waals surface area (Å²) in [4.78, 5) is 49.4. The van der Waals surface area contributed by atoms with E-state index in [1.165, 1.54) is 36.1 Å². The fourth-order valence-corrected chi connectivity index (χ4v) is 3.80. The van der Waals surface area contributed by atoms with Crippen molar-refractivity contribution in [3.05, 3.63) is 111 Å². The highest BCUT2D eigenvalue weighted by Crippen LogP contribution is 2.42. The highest BCUT2D eigenvalue weighted by atomic mass is 16.6. The number of ketones is 2. The van der Waals surface area contributed by atoms with Crippen molar-refractivity contribution in [2.24, 2.45) is 0 Å². The second-order valence-corrected chi connectivity index (χ2v) is 7.49. The maximum absolute atomic E-state index is 13.1. The number of carbonyl (C=O) groups is 3. The Balaban J connectivity index is 1.88. The van der Waals surface area contributed by atoms with Gasteiger partial charge in [0.05, 0.1) is 16.5 Å². The average molecular weight is 442 g/mol. The second-order valence-electron chi connectivity index (χ2n) is 7.49. The van der Waals surface area contributed by atoms with Gasteiger partial charge in [0.15, 0.2) is 5.78 Å². The van der Waals surface area contributed by atoms with Gasteiger partial charge in [-0.2, -0.15) is 0 Å². The van der Waals surface area contributed by atoms with Crippen LogP contribution < -0.4 is 4.90 Å². The van der Waals surface area contributed by atoms with Crippen molar-refractivity contribution < 1.29 is 24.4 Å². The third-order valence-electron chi connectivity index (χ3n) is 5.46. The number of nitro benzene ring substituents is 1. The molecule has 1 amide bonds. The summed E-state index contributed by atoms with van der Waals surface area (Å²) in [5.41, 5.74) is 1.31. The molecule has 4 rings (SSSR count). The van der Waals surface area contributed by atoms with Gasteiger partial charge in [0.1, 0.15) is 5.76 Å². The number of benzene rings is 3. The summed E-state index contributed by atoms with van der Waals surface area (Å²) < 4.78 is 0. The van der Waals surface area contributed by atoms with E-state index in [-0.39, 0.29) is 22.6 Å². The molecule has 1 aliphatic rings. The van der Waals surface area contributed by atoms with Crippen molar-refractivity contribution in [1.29, 1.82) is 0 Å². The molecular formula is C25H18N2O6. The Kier molecular flexibility index (Phi) is 5.58. The summed E-state index contributed by atoms with van der Waals surface area (Å²) >= 11 is 0. The zero-order valence-corrected chi connectivity index (χ0v) is 17.5. The van der Waals surface area contributed by atoms with Crippen LogP contribution in [0.5, 0.6) is 0 Å². The molecule has 1 aliphatic heterocycles. The normalized spacial score (nSPS) is 17.2. The molecule has 0 aliphatic carbocycles. The van der Waals surface area contributed by atoms with Gasteiger partial charge in [0.2, 0.25) is 0 Å².